The highest BCUT2D eigenvalue weighted by molar-refractivity contribution is 6.20. The minimum Gasteiger partial charge on any atom is -0.406 e. The molecule has 0 bridgehead atoms. The van der Waals surface area contributed by atoms with Crippen LogP contribution in [0.2, 0.25) is 0 Å². The van der Waals surface area contributed by atoms with E-state index in [2.05, 4.69) is 15.5 Å². The Bertz CT molecular complexity index is 247. The zero-order chi connectivity index (χ0) is 9.14. The molecule has 68 valence electrons. The molecule has 0 fully saturated rings. The Balaban J connectivity index is 2.64. The van der Waals surface area contributed by atoms with E-state index in [1.807, 2.05) is 13.8 Å². The zero-order valence-corrected chi connectivity index (χ0v) is 8.09. The molecular weight excluding hydrogens is 178 g/mol. The summed E-state index contributed by atoms with van der Waals surface area (Å²) in [6, 6.07) is 0.705. The first-order valence-corrected chi connectivity index (χ1v) is 4.27. The molecule has 1 aromatic rings. The van der Waals surface area contributed by atoms with E-state index in [0.29, 0.717) is 11.9 Å². The second-order valence-electron chi connectivity index (χ2n) is 2.86. The van der Waals surface area contributed by atoms with Gasteiger partial charge in [-0.2, -0.15) is 0 Å². The van der Waals surface area contributed by atoms with Gasteiger partial charge in [-0.15, -0.1) is 16.7 Å². The molecule has 0 aliphatic rings. The maximum atomic E-state index is 5.73. The van der Waals surface area contributed by atoms with Crippen LogP contribution in [0.15, 0.2) is 4.42 Å². The second-order valence-corrected chi connectivity index (χ2v) is 3.52. The number of halogens is 1. The minimum atomic E-state index is -0.236. The van der Waals surface area contributed by atoms with Crippen molar-refractivity contribution in [2.24, 2.45) is 0 Å². The fraction of sp³-hybridized carbons (Fsp3) is 0.714. The highest BCUT2D eigenvalue weighted by atomic mass is 35.5. The summed E-state index contributed by atoms with van der Waals surface area (Å²) >= 11 is 5.73. The van der Waals surface area contributed by atoms with E-state index in [-0.39, 0.29) is 11.4 Å². The van der Waals surface area contributed by atoms with E-state index in [9.17, 15) is 0 Å². The van der Waals surface area contributed by atoms with E-state index in [0.717, 1.165) is 0 Å². The molecule has 0 radical (unpaired) electrons. The summed E-state index contributed by atoms with van der Waals surface area (Å²) in [4.78, 5) is 0. The predicted octanol–water partition coefficient (Wildman–Crippen LogP) is 2.19. The SMILES string of the molecule is CC(C)Nc1nnc(C(C)Cl)o1. The van der Waals surface area contributed by atoms with Crippen molar-refractivity contribution in [3.8, 4) is 0 Å². The summed E-state index contributed by atoms with van der Waals surface area (Å²) < 4.78 is 5.19. The normalized spacial score (nSPS) is 13.4. The monoisotopic (exact) mass is 189 g/mol. The molecule has 1 rings (SSSR count). The zero-order valence-electron chi connectivity index (χ0n) is 7.34. The van der Waals surface area contributed by atoms with Crippen LogP contribution in [-0.4, -0.2) is 16.2 Å². The smallest absolute Gasteiger partial charge is 0.315 e. The lowest BCUT2D eigenvalue weighted by atomic mass is 10.4. The second kappa shape index (κ2) is 3.76. The van der Waals surface area contributed by atoms with Gasteiger partial charge in [-0.1, -0.05) is 5.10 Å². The number of hydrogen-bond acceptors (Lipinski definition) is 4. The van der Waals surface area contributed by atoms with Gasteiger partial charge in [0.25, 0.3) is 0 Å². The summed E-state index contributed by atoms with van der Waals surface area (Å²) in [6.45, 7) is 5.77. The number of rotatable bonds is 3. The van der Waals surface area contributed by atoms with Crippen LogP contribution >= 0.6 is 11.6 Å². The Hall–Kier alpha value is -0.770. The molecular formula is C7H12ClN3O. The van der Waals surface area contributed by atoms with E-state index >= 15 is 0 Å². The quantitative estimate of drug-likeness (QED) is 0.741. The van der Waals surface area contributed by atoms with Crippen molar-refractivity contribution in [1.29, 1.82) is 0 Å². The summed E-state index contributed by atoms with van der Waals surface area (Å²) in [6.07, 6.45) is 0. The van der Waals surface area contributed by atoms with Crippen molar-refractivity contribution in [2.45, 2.75) is 32.2 Å². The van der Waals surface area contributed by atoms with Crippen LogP contribution < -0.4 is 5.32 Å². The Kier molecular flexibility index (Phi) is 2.92. The average Bonchev–Trinajstić information content (AvgIpc) is 2.34. The predicted molar refractivity (Wildman–Crippen MR) is 47.3 cm³/mol. The summed E-state index contributed by atoms with van der Waals surface area (Å²) in [5.41, 5.74) is 0. The topological polar surface area (TPSA) is 51.0 Å². The van der Waals surface area contributed by atoms with Gasteiger partial charge >= 0.3 is 6.01 Å². The standard InChI is InChI=1S/C7H12ClN3O/c1-4(2)9-7-11-10-6(12-7)5(3)8/h4-5H,1-3H3,(H,9,11). The summed E-state index contributed by atoms with van der Waals surface area (Å²) in [5, 5.41) is 10.3. The lowest BCUT2D eigenvalue weighted by molar-refractivity contribution is 0.502. The first-order valence-electron chi connectivity index (χ1n) is 3.83. The Morgan fingerprint density at radius 3 is 2.42 bits per heavy atom. The lowest BCUT2D eigenvalue weighted by Gasteiger charge is -2.02. The van der Waals surface area contributed by atoms with Crippen molar-refractivity contribution < 1.29 is 4.42 Å². The van der Waals surface area contributed by atoms with Gasteiger partial charge in [-0.05, 0) is 20.8 Å². The Morgan fingerprint density at radius 1 is 1.33 bits per heavy atom. The average molecular weight is 190 g/mol. The number of hydrogen-bond donors (Lipinski definition) is 1. The van der Waals surface area contributed by atoms with Gasteiger partial charge in [0.15, 0.2) is 0 Å². The molecule has 0 saturated heterocycles. The Morgan fingerprint density at radius 2 is 2.00 bits per heavy atom. The molecule has 4 nitrogen and oxygen atoms in total. The molecule has 0 aliphatic carbocycles. The van der Waals surface area contributed by atoms with Gasteiger partial charge < -0.3 is 9.73 Å². The molecule has 0 amide bonds. The number of alkyl halides is 1. The molecule has 1 N–H and O–H groups in total. The van der Waals surface area contributed by atoms with Gasteiger partial charge in [0.2, 0.25) is 5.89 Å². The van der Waals surface area contributed by atoms with Gasteiger partial charge in [0.1, 0.15) is 5.38 Å². The minimum absolute atomic E-state index is 0.236. The lowest BCUT2D eigenvalue weighted by Crippen LogP contribution is -2.09. The third-order valence-corrected chi connectivity index (χ3v) is 1.38. The largest absolute Gasteiger partial charge is 0.406 e. The third-order valence-electron chi connectivity index (χ3n) is 1.19. The van der Waals surface area contributed by atoms with E-state index in [1.165, 1.54) is 0 Å². The van der Waals surface area contributed by atoms with Crippen LogP contribution in [0.5, 0.6) is 0 Å². The van der Waals surface area contributed by atoms with Gasteiger partial charge in [-0.3, -0.25) is 0 Å². The number of aromatic nitrogens is 2. The number of anilines is 1. The molecule has 1 aromatic heterocycles. The van der Waals surface area contributed by atoms with Crippen LogP contribution in [0.3, 0.4) is 0 Å². The van der Waals surface area contributed by atoms with E-state index in [1.54, 1.807) is 6.92 Å². The first-order chi connectivity index (χ1) is 5.59. The maximum absolute atomic E-state index is 5.73. The molecule has 0 aliphatic heterocycles. The fourth-order valence-corrected chi connectivity index (χ4v) is 0.789. The Labute approximate surface area is 76.3 Å². The van der Waals surface area contributed by atoms with Gasteiger partial charge in [0.05, 0.1) is 0 Å². The van der Waals surface area contributed by atoms with Crippen LogP contribution in [0.4, 0.5) is 6.01 Å². The molecule has 1 heterocycles. The van der Waals surface area contributed by atoms with Crippen molar-refractivity contribution in [3.63, 3.8) is 0 Å². The highest BCUT2D eigenvalue weighted by Crippen LogP contribution is 2.19. The van der Waals surface area contributed by atoms with Crippen molar-refractivity contribution in [1.82, 2.24) is 10.2 Å². The first kappa shape index (κ1) is 9.32. The summed E-state index contributed by atoms with van der Waals surface area (Å²) in [5.74, 6) is 0.444. The molecule has 1 unspecified atom stereocenters. The van der Waals surface area contributed by atoms with Crippen LogP contribution in [0.1, 0.15) is 32.0 Å². The highest BCUT2D eigenvalue weighted by Gasteiger charge is 2.10. The molecule has 1 atom stereocenters. The van der Waals surface area contributed by atoms with Gasteiger partial charge in [-0.25, -0.2) is 0 Å². The molecule has 0 saturated carbocycles. The van der Waals surface area contributed by atoms with Crippen molar-refractivity contribution in [3.05, 3.63) is 5.89 Å². The fourth-order valence-electron chi connectivity index (χ4n) is 0.701. The van der Waals surface area contributed by atoms with Crippen LogP contribution in [0, 0.1) is 0 Å². The van der Waals surface area contributed by atoms with Gasteiger partial charge in [0, 0.05) is 6.04 Å². The van der Waals surface area contributed by atoms with Crippen molar-refractivity contribution in [2.75, 3.05) is 5.32 Å². The van der Waals surface area contributed by atoms with E-state index in [4.69, 9.17) is 16.0 Å². The molecule has 0 spiro atoms. The van der Waals surface area contributed by atoms with Crippen molar-refractivity contribution >= 4 is 17.6 Å². The number of nitrogens with one attached hydrogen (secondary N) is 1. The maximum Gasteiger partial charge on any atom is 0.315 e. The van der Waals surface area contributed by atoms with E-state index < -0.39 is 0 Å². The molecule has 0 aromatic carbocycles. The number of nitrogens with zero attached hydrogens (tertiary/aromatic N) is 2. The van der Waals surface area contributed by atoms with Crippen LogP contribution in [-0.2, 0) is 0 Å². The molecule has 5 heteroatoms. The van der Waals surface area contributed by atoms with Crippen LogP contribution in [0.25, 0.3) is 0 Å². The third kappa shape index (κ3) is 2.37. The molecule has 12 heavy (non-hydrogen) atoms. The summed E-state index contributed by atoms with van der Waals surface area (Å²) in [7, 11) is 0.